The third-order valence-electron chi connectivity index (χ3n) is 3.33. The van der Waals surface area contributed by atoms with Crippen molar-refractivity contribution >= 4 is 0 Å². The topological polar surface area (TPSA) is 29.5 Å². The van der Waals surface area contributed by atoms with Crippen LogP contribution in [0, 0.1) is 12.7 Å². The van der Waals surface area contributed by atoms with Crippen molar-refractivity contribution < 1.29 is 14.2 Å². The maximum absolute atomic E-state index is 13.7. The maximum atomic E-state index is 13.7. The number of halogens is 1. The summed E-state index contributed by atoms with van der Waals surface area (Å²) >= 11 is 0. The molecule has 2 aromatic rings. The van der Waals surface area contributed by atoms with Gasteiger partial charge in [0.2, 0.25) is 0 Å². The van der Waals surface area contributed by atoms with Crippen LogP contribution in [0.2, 0.25) is 0 Å². The smallest absolute Gasteiger partial charge is 0.167 e. The molecule has 0 aliphatic rings. The standard InChI is InChI=1S/C17H19FO2/c1-3-13-7-9-14(10-8-13)15(19)11-20-16-6-4-5-12(2)17(16)18/h4-10,15,19H,3,11H2,1-2H3. The van der Waals surface area contributed by atoms with Crippen molar-refractivity contribution in [2.75, 3.05) is 6.61 Å². The molecule has 2 nitrogen and oxygen atoms in total. The molecule has 0 fully saturated rings. The SMILES string of the molecule is CCc1ccc(C(O)COc2cccc(C)c2F)cc1. The zero-order valence-corrected chi connectivity index (χ0v) is 11.8. The normalized spacial score (nSPS) is 12.2. The van der Waals surface area contributed by atoms with Crippen LogP contribution in [0.5, 0.6) is 5.75 Å². The Morgan fingerprint density at radius 1 is 1.15 bits per heavy atom. The number of aliphatic hydroxyl groups excluding tert-OH is 1. The first kappa shape index (κ1) is 14.5. The van der Waals surface area contributed by atoms with Crippen molar-refractivity contribution in [1.82, 2.24) is 0 Å². The summed E-state index contributed by atoms with van der Waals surface area (Å²) in [5.74, 6) is -0.199. The summed E-state index contributed by atoms with van der Waals surface area (Å²) in [4.78, 5) is 0. The van der Waals surface area contributed by atoms with Gasteiger partial charge in [-0.1, -0.05) is 43.3 Å². The Labute approximate surface area is 118 Å². The minimum absolute atomic E-state index is 0.0336. The summed E-state index contributed by atoms with van der Waals surface area (Å²) in [5, 5.41) is 10.1. The van der Waals surface area contributed by atoms with E-state index in [9.17, 15) is 9.50 Å². The molecule has 0 saturated carbocycles. The van der Waals surface area contributed by atoms with E-state index in [2.05, 4.69) is 6.92 Å². The lowest BCUT2D eigenvalue weighted by atomic mass is 10.1. The molecule has 3 heteroatoms. The predicted molar refractivity (Wildman–Crippen MR) is 77.4 cm³/mol. The third-order valence-corrected chi connectivity index (χ3v) is 3.33. The van der Waals surface area contributed by atoms with Gasteiger partial charge in [-0.15, -0.1) is 0 Å². The highest BCUT2D eigenvalue weighted by Gasteiger charge is 2.11. The molecule has 0 heterocycles. The molecule has 1 atom stereocenters. The molecule has 2 aromatic carbocycles. The third kappa shape index (κ3) is 3.36. The Morgan fingerprint density at radius 3 is 2.50 bits per heavy atom. The number of ether oxygens (including phenoxy) is 1. The number of aliphatic hydroxyl groups is 1. The Hall–Kier alpha value is -1.87. The number of benzene rings is 2. The van der Waals surface area contributed by atoms with Gasteiger partial charge in [0.15, 0.2) is 11.6 Å². The van der Waals surface area contributed by atoms with Crippen LogP contribution in [0.25, 0.3) is 0 Å². The largest absolute Gasteiger partial charge is 0.487 e. The van der Waals surface area contributed by atoms with E-state index in [1.54, 1.807) is 25.1 Å². The minimum atomic E-state index is -0.763. The van der Waals surface area contributed by atoms with Gasteiger partial charge in [0, 0.05) is 0 Å². The highest BCUT2D eigenvalue weighted by molar-refractivity contribution is 5.30. The zero-order chi connectivity index (χ0) is 14.5. The number of aryl methyl sites for hydroxylation is 2. The molecular formula is C17H19FO2. The molecule has 1 N–H and O–H groups in total. The molecule has 2 rings (SSSR count). The molecule has 0 aromatic heterocycles. The van der Waals surface area contributed by atoms with Crippen molar-refractivity contribution in [3.63, 3.8) is 0 Å². The lowest BCUT2D eigenvalue weighted by Crippen LogP contribution is -2.10. The minimum Gasteiger partial charge on any atom is -0.487 e. The predicted octanol–water partition coefficient (Wildman–Crippen LogP) is 3.81. The summed E-state index contributed by atoms with van der Waals surface area (Å²) < 4.78 is 19.1. The van der Waals surface area contributed by atoms with E-state index >= 15 is 0 Å². The summed E-state index contributed by atoms with van der Waals surface area (Å²) in [6, 6.07) is 12.7. The van der Waals surface area contributed by atoms with Gasteiger partial charge in [-0.2, -0.15) is 0 Å². The van der Waals surface area contributed by atoms with Gasteiger partial charge in [-0.3, -0.25) is 0 Å². The van der Waals surface area contributed by atoms with E-state index in [0.29, 0.717) is 5.56 Å². The quantitative estimate of drug-likeness (QED) is 0.898. The molecule has 0 bridgehead atoms. The van der Waals surface area contributed by atoms with Gasteiger partial charge >= 0.3 is 0 Å². The zero-order valence-electron chi connectivity index (χ0n) is 11.8. The van der Waals surface area contributed by atoms with Gasteiger partial charge in [-0.25, -0.2) is 4.39 Å². The summed E-state index contributed by atoms with van der Waals surface area (Å²) in [7, 11) is 0. The first-order valence-electron chi connectivity index (χ1n) is 6.76. The van der Waals surface area contributed by atoms with E-state index in [1.165, 1.54) is 5.56 Å². The van der Waals surface area contributed by atoms with Gasteiger partial charge in [0.25, 0.3) is 0 Å². The summed E-state index contributed by atoms with van der Waals surface area (Å²) in [6.07, 6.45) is 0.197. The molecule has 0 radical (unpaired) electrons. The fraction of sp³-hybridized carbons (Fsp3) is 0.294. The molecular weight excluding hydrogens is 255 g/mol. The monoisotopic (exact) mass is 274 g/mol. The highest BCUT2D eigenvalue weighted by Crippen LogP contribution is 2.22. The Morgan fingerprint density at radius 2 is 1.85 bits per heavy atom. The lowest BCUT2D eigenvalue weighted by molar-refractivity contribution is 0.106. The van der Waals surface area contributed by atoms with Crippen LogP contribution >= 0.6 is 0 Å². The molecule has 1 unspecified atom stereocenters. The maximum Gasteiger partial charge on any atom is 0.167 e. The van der Waals surface area contributed by atoms with E-state index in [1.807, 2.05) is 24.3 Å². The average Bonchev–Trinajstić information content (AvgIpc) is 2.48. The fourth-order valence-electron chi connectivity index (χ4n) is 1.97. The van der Waals surface area contributed by atoms with Crippen molar-refractivity contribution in [1.29, 1.82) is 0 Å². The van der Waals surface area contributed by atoms with E-state index in [4.69, 9.17) is 4.74 Å². The van der Waals surface area contributed by atoms with Crippen molar-refractivity contribution in [2.24, 2.45) is 0 Å². The van der Waals surface area contributed by atoms with Gasteiger partial charge in [0.1, 0.15) is 12.7 Å². The first-order valence-corrected chi connectivity index (χ1v) is 6.76. The van der Waals surface area contributed by atoms with E-state index in [0.717, 1.165) is 12.0 Å². The Kier molecular flexibility index (Phi) is 4.74. The van der Waals surface area contributed by atoms with Gasteiger partial charge in [-0.05, 0) is 36.1 Å². The molecule has 20 heavy (non-hydrogen) atoms. The Bertz CT molecular complexity index is 564. The average molecular weight is 274 g/mol. The second kappa shape index (κ2) is 6.53. The second-order valence-corrected chi connectivity index (χ2v) is 4.81. The summed E-state index contributed by atoms with van der Waals surface area (Å²) in [5.41, 5.74) is 2.52. The van der Waals surface area contributed by atoms with E-state index < -0.39 is 6.10 Å². The van der Waals surface area contributed by atoms with Crippen molar-refractivity contribution in [2.45, 2.75) is 26.4 Å². The van der Waals surface area contributed by atoms with Crippen LogP contribution in [0.1, 0.15) is 29.7 Å². The Balaban J connectivity index is 2.00. The van der Waals surface area contributed by atoms with Gasteiger partial charge in [0.05, 0.1) is 0 Å². The summed E-state index contributed by atoms with van der Waals surface area (Å²) in [6.45, 7) is 3.79. The van der Waals surface area contributed by atoms with Crippen LogP contribution in [-0.4, -0.2) is 11.7 Å². The van der Waals surface area contributed by atoms with Gasteiger partial charge < -0.3 is 9.84 Å². The van der Waals surface area contributed by atoms with Crippen molar-refractivity contribution in [3.05, 3.63) is 65.0 Å². The first-order chi connectivity index (χ1) is 9.61. The van der Waals surface area contributed by atoms with Crippen molar-refractivity contribution in [3.8, 4) is 5.75 Å². The number of hydrogen-bond acceptors (Lipinski definition) is 2. The lowest BCUT2D eigenvalue weighted by Gasteiger charge is -2.14. The molecule has 0 aliphatic carbocycles. The second-order valence-electron chi connectivity index (χ2n) is 4.81. The van der Waals surface area contributed by atoms with Crippen LogP contribution in [-0.2, 0) is 6.42 Å². The van der Waals surface area contributed by atoms with Crippen LogP contribution in [0.15, 0.2) is 42.5 Å². The molecule has 106 valence electrons. The fourth-order valence-corrected chi connectivity index (χ4v) is 1.97. The highest BCUT2D eigenvalue weighted by atomic mass is 19.1. The molecule has 0 spiro atoms. The van der Waals surface area contributed by atoms with Crippen LogP contribution in [0.4, 0.5) is 4.39 Å². The molecule has 0 amide bonds. The van der Waals surface area contributed by atoms with E-state index in [-0.39, 0.29) is 18.2 Å². The number of rotatable bonds is 5. The van der Waals surface area contributed by atoms with Crippen LogP contribution < -0.4 is 4.74 Å². The number of hydrogen-bond donors (Lipinski definition) is 1. The van der Waals surface area contributed by atoms with Crippen LogP contribution in [0.3, 0.4) is 0 Å². The molecule has 0 saturated heterocycles. The molecule has 0 aliphatic heterocycles.